The van der Waals surface area contributed by atoms with Gasteiger partial charge in [0.15, 0.2) is 5.82 Å². The summed E-state index contributed by atoms with van der Waals surface area (Å²) in [5.74, 6) is 1.45. The highest BCUT2D eigenvalue weighted by molar-refractivity contribution is 5.06. The Balaban J connectivity index is 1.87. The van der Waals surface area contributed by atoms with E-state index in [0.29, 0.717) is 5.92 Å². The molecule has 1 aromatic rings. The van der Waals surface area contributed by atoms with Gasteiger partial charge in [-0.25, -0.2) is 9.97 Å². The van der Waals surface area contributed by atoms with E-state index in [9.17, 15) is 0 Å². The monoisotopic (exact) mass is 264 g/mol. The Morgan fingerprint density at radius 2 is 2.16 bits per heavy atom. The van der Waals surface area contributed by atoms with Crippen LogP contribution in [0, 0.1) is 5.92 Å². The van der Waals surface area contributed by atoms with Crippen LogP contribution in [0.15, 0.2) is 12.4 Å². The lowest BCUT2D eigenvalue weighted by atomic mass is 10.2. The maximum absolute atomic E-state index is 5.70. The molecule has 5 nitrogen and oxygen atoms in total. The van der Waals surface area contributed by atoms with E-state index in [1.165, 1.54) is 0 Å². The lowest BCUT2D eigenvalue weighted by Crippen LogP contribution is -2.36. The number of rotatable bonds is 5. The third-order valence-corrected chi connectivity index (χ3v) is 3.16. The van der Waals surface area contributed by atoms with Gasteiger partial charge in [-0.3, -0.25) is 0 Å². The average Bonchev–Trinajstić information content (AvgIpc) is 2.39. The predicted octanol–water partition coefficient (Wildman–Crippen LogP) is 1.23. The van der Waals surface area contributed by atoms with Crippen LogP contribution in [-0.4, -0.2) is 48.2 Å². The molecule has 1 atom stereocenters. The zero-order chi connectivity index (χ0) is 13.7. The van der Waals surface area contributed by atoms with E-state index >= 15 is 0 Å². The van der Waals surface area contributed by atoms with Gasteiger partial charge in [0, 0.05) is 37.6 Å². The predicted molar refractivity (Wildman–Crippen MR) is 74.8 cm³/mol. The number of morpholine rings is 1. The third kappa shape index (κ3) is 4.53. The van der Waals surface area contributed by atoms with E-state index in [-0.39, 0.29) is 6.10 Å². The molecule has 106 valence electrons. The fourth-order valence-electron chi connectivity index (χ4n) is 2.06. The average molecular weight is 264 g/mol. The van der Waals surface area contributed by atoms with Gasteiger partial charge in [-0.1, -0.05) is 13.8 Å². The number of aromatic nitrogens is 2. The molecule has 0 radical (unpaired) electrons. The molecule has 0 bridgehead atoms. The minimum Gasteiger partial charge on any atom is -0.368 e. The van der Waals surface area contributed by atoms with Crippen LogP contribution >= 0.6 is 0 Å². The maximum atomic E-state index is 5.70. The van der Waals surface area contributed by atoms with Gasteiger partial charge < -0.3 is 15.0 Å². The highest BCUT2D eigenvalue weighted by Crippen LogP contribution is 2.17. The molecule has 2 rings (SSSR count). The Bertz CT molecular complexity index is 380. The van der Waals surface area contributed by atoms with Gasteiger partial charge in [0.25, 0.3) is 0 Å². The van der Waals surface area contributed by atoms with E-state index in [0.717, 1.165) is 44.2 Å². The van der Waals surface area contributed by atoms with Crippen molar-refractivity contribution in [3.05, 3.63) is 23.8 Å². The summed E-state index contributed by atoms with van der Waals surface area (Å²) in [6, 6.07) is 0. The van der Waals surface area contributed by atoms with Crippen LogP contribution < -0.4 is 5.32 Å². The minimum absolute atomic E-state index is 0.0106. The SMILES string of the molecule is CC(C)CNCc1cnc(C2CN(C)CCO2)nc1. The van der Waals surface area contributed by atoms with Gasteiger partial charge in [-0.15, -0.1) is 0 Å². The molecular weight excluding hydrogens is 240 g/mol. The molecule has 0 aliphatic carbocycles. The largest absolute Gasteiger partial charge is 0.368 e. The van der Waals surface area contributed by atoms with Gasteiger partial charge in [-0.2, -0.15) is 0 Å². The van der Waals surface area contributed by atoms with Crippen LogP contribution in [0.1, 0.15) is 31.3 Å². The van der Waals surface area contributed by atoms with Gasteiger partial charge in [0.2, 0.25) is 0 Å². The molecule has 1 saturated heterocycles. The second-order valence-corrected chi connectivity index (χ2v) is 5.60. The molecule has 1 fully saturated rings. The van der Waals surface area contributed by atoms with Crippen LogP contribution in [0.5, 0.6) is 0 Å². The molecular formula is C14H24N4O. The molecule has 19 heavy (non-hydrogen) atoms. The lowest BCUT2D eigenvalue weighted by molar-refractivity contribution is -0.0255. The molecule has 5 heteroatoms. The zero-order valence-electron chi connectivity index (χ0n) is 12.1. The van der Waals surface area contributed by atoms with Gasteiger partial charge >= 0.3 is 0 Å². The standard InChI is InChI=1S/C14H24N4O/c1-11(2)6-15-7-12-8-16-14(17-9-12)13-10-18(3)4-5-19-13/h8-9,11,13,15H,4-7,10H2,1-3H3. The summed E-state index contributed by atoms with van der Waals surface area (Å²) in [6.07, 6.45) is 3.80. The first kappa shape index (κ1) is 14.4. The molecule has 1 unspecified atom stereocenters. The van der Waals surface area contributed by atoms with Crippen molar-refractivity contribution in [3.63, 3.8) is 0 Å². The van der Waals surface area contributed by atoms with Gasteiger partial charge in [0.05, 0.1) is 6.61 Å². The number of nitrogens with one attached hydrogen (secondary N) is 1. The summed E-state index contributed by atoms with van der Waals surface area (Å²) < 4.78 is 5.70. The summed E-state index contributed by atoms with van der Waals surface area (Å²) in [4.78, 5) is 11.1. The molecule has 1 aliphatic heterocycles. The highest BCUT2D eigenvalue weighted by Gasteiger charge is 2.21. The van der Waals surface area contributed by atoms with Crippen LogP contribution in [0.2, 0.25) is 0 Å². The highest BCUT2D eigenvalue weighted by atomic mass is 16.5. The van der Waals surface area contributed by atoms with Crippen molar-refractivity contribution in [2.24, 2.45) is 5.92 Å². The zero-order valence-corrected chi connectivity index (χ0v) is 12.1. The lowest BCUT2D eigenvalue weighted by Gasteiger charge is -2.28. The van der Waals surface area contributed by atoms with Gasteiger partial charge in [-0.05, 0) is 19.5 Å². The van der Waals surface area contributed by atoms with Crippen LogP contribution in [-0.2, 0) is 11.3 Å². The molecule has 1 aliphatic rings. The Labute approximate surface area is 115 Å². The maximum Gasteiger partial charge on any atom is 0.158 e. The fourth-order valence-corrected chi connectivity index (χ4v) is 2.06. The molecule has 0 aromatic carbocycles. The van der Waals surface area contributed by atoms with Crippen LogP contribution in [0.3, 0.4) is 0 Å². The molecule has 1 N–H and O–H groups in total. The van der Waals surface area contributed by atoms with Crippen molar-refractivity contribution in [2.75, 3.05) is 33.3 Å². The van der Waals surface area contributed by atoms with Crippen molar-refractivity contribution in [2.45, 2.75) is 26.5 Å². The van der Waals surface area contributed by atoms with Crippen molar-refractivity contribution < 1.29 is 4.74 Å². The van der Waals surface area contributed by atoms with E-state index in [2.05, 4.69) is 41.1 Å². The van der Waals surface area contributed by atoms with E-state index in [4.69, 9.17) is 4.74 Å². The van der Waals surface area contributed by atoms with Crippen molar-refractivity contribution >= 4 is 0 Å². The molecule has 2 heterocycles. The summed E-state index contributed by atoms with van der Waals surface area (Å²) in [5.41, 5.74) is 1.12. The summed E-state index contributed by atoms with van der Waals surface area (Å²) >= 11 is 0. The Kier molecular flexibility index (Phi) is 5.24. The Morgan fingerprint density at radius 1 is 1.42 bits per heavy atom. The van der Waals surface area contributed by atoms with Crippen molar-refractivity contribution in [1.29, 1.82) is 0 Å². The number of hydrogen-bond donors (Lipinski definition) is 1. The van der Waals surface area contributed by atoms with E-state index in [1.807, 2.05) is 12.4 Å². The number of hydrogen-bond acceptors (Lipinski definition) is 5. The smallest absolute Gasteiger partial charge is 0.158 e. The third-order valence-electron chi connectivity index (χ3n) is 3.16. The second kappa shape index (κ2) is 6.93. The molecule has 1 aromatic heterocycles. The fraction of sp³-hybridized carbons (Fsp3) is 0.714. The van der Waals surface area contributed by atoms with Crippen molar-refractivity contribution in [3.8, 4) is 0 Å². The number of ether oxygens (including phenoxy) is 1. The first-order valence-electron chi connectivity index (χ1n) is 6.97. The molecule has 0 spiro atoms. The second-order valence-electron chi connectivity index (χ2n) is 5.60. The number of nitrogens with zero attached hydrogens (tertiary/aromatic N) is 3. The first-order valence-corrected chi connectivity index (χ1v) is 6.97. The summed E-state index contributed by atoms with van der Waals surface area (Å²) in [6.45, 7) is 8.83. The Morgan fingerprint density at radius 3 is 2.79 bits per heavy atom. The normalized spacial score (nSPS) is 20.9. The van der Waals surface area contributed by atoms with E-state index in [1.54, 1.807) is 0 Å². The minimum atomic E-state index is 0.0106. The summed E-state index contributed by atoms with van der Waals surface area (Å²) in [5, 5.41) is 3.39. The first-order chi connectivity index (χ1) is 9.15. The summed E-state index contributed by atoms with van der Waals surface area (Å²) in [7, 11) is 2.10. The molecule has 0 amide bonds. The van der Waals surface area contributed by atoms with Crippen LogP contribution in [0.25, 0.3) is 0 Å². The van der Waals surface area contributed by atoms with Gasteiger partial charge in [0.1, 0.15) is 6.10 Å². The number of likely N-dealkylation sites (N-methyl/N-ethyl adjacent to an activating group) is 1. The Hall–Kier alpha value is -1.04. The van der Waals surface area contributed by atoms with Crippen LogP contribution in [0.4, 0.5) is 0 Å². The van der Waals surface area contributed by atoms with Crippen molar-refractivity contribution in [1.82, 2.24) is 20.2 Å². The topological polar surface area (TPSA) is 50.3 Å². The van der Waals surface area contributed by atoms with E-state index < -0.39 is 0 Å². The molecule has 0 saturated carbocycles. The quantitative estimate of drug-likeness (QED) is 0.866.